The molecule has 1 rings (SSSR count). The molecule has 1 atom stereocenters. The number of rotatable bonds is 10. The van der Waals surface area contributed by atoms with Gasteiger partial charge >= 0.3 is 17.9 Å². The molecule has 0 spiro atoms. The molecule has 1 unspecified atom stereocenters. The number of esters is 2. The molecule has 0 aromatic carbocycles. The summed E-state index contributed by atoms with van der Waals surface area (Å²) in [5.41, 5.74) is 6.34. The van der Waals surface area contributed by atoms with E-state index in [4.69, 9.17) is 15.2 Å². The first-order chi connectivity index (χ1) is 13.1. The minimum atomic E-state index is -1.14. The highest BCUT2D eigenvalue weighted by atomic mass is 16.5. The second-order valence-electron chi connectivity index (χ2n) is 6.33. The maximum atomic E-state index is 12.4. The van der Waals surface area contributed by atoms with Crippen molar-refractivity contribution in [3.8, 4) is 0 Å². The van der Waals surface area contributed by atoms with Crippen molar-refractivity contribution < 1.29 is 33.8 Å². The van der Waals surface area contributed by atoms with Gasteiger partial charge in [-0.05, 0) is 40.5 Å². The molecular formula is C19H28N2O7. The van der Waals surface area contributed by atoms with E-state index in [1.165, 1.54) is 4.90 Å². The van der Waals surface area contributed by atoms with Gasteiger partial charge in [-0.15, -0.1) is 0 Å². The number of hydrogen-bond acceptors (Lipinski definition) is 7. The second-order valence-corrected chi connectivity index (χ2v) is 6.33. The number of carbonyl (C=O) groups is 4. The third-order valence-corrected chi connectivity index (χ3v) is 4.49. The van der Waals surface area contributed by atoms with Crippen molar-refractivity contribution in [2.75, 3.05) is 13.2 Å². The Hall–Kier alpha value is -2.84. The number of allylic oxidation sites excluding steroid dienone is 2. The van der Waals surface area contributed by atoms with Crippen molar-refractivity contribution in [1.29, 1.82) is 0 Å². The maximum Gasteiger partial charge on any atom is 0.336 e. The van der Waals surface area contributed by atoms with Gasteiger partial charge in [-0.25, -0.2) is 14.4 Å². The number of aliphatic carboxylic acids is 1. The van der Waals surface area contributed by atoms with Gasteiger partial charge in [0.05, 0.1) is 24.4 Å². The minimum absolute atomic E-state index is 0.000537. The van der Waals surface area contributed by atoms with Crippen LogP contribution in [0.3, 0.4) is 0 Å². The average Bonchev–Trinajstić information content (AvgIpc) is 2.60. The number of amides is 1. The molecule has 0 aromatic heterocycles. The summed E-state index contributed by atoms with van der Waals surface area (Å²) in [6, 6.07) is -1.08. The molecule has 9 heteroatoms. The fourth-order valence-electron chi connectivity index (χ4n) is 3.15. The zero-order valence-corrected chi connectivity index (χ0v) is 16.7. The zero-order chi connectivity index (χ0) is 21.4. The highest BCUT2D eigenvalue weighted by Crippen LogP contribution is 2.34. The summed E-state index contributed by atoms with van der Waals surface area (Å²) in [4.78, 5) is 49.2. The van der Waals surface area contributed by atoms with Crippen molar-refractivity contribution in [3.05, 3.63) is 22.5 Å². The Morgan fingerprint density at radius 3 is 1.86 bits per heavy atom. The third kappa shape index (κ3) is 5.58. The van der Waals surface area contributed by atoms with Crippen LogP contribution in [0.2, 0.25) is 0 Å². The summed E-state index contributed by atoms with van der Waals surface area (Å²) in [5.74, 6) is -2.89. The monoisotopic (exact) mass is 396 g/mol. The van der Waals surface area contributed by atoms with Gasteiger partial charge in [0.15, 0.2) is 0 Å². The maximum absolute atomic E-state index is 12.4. The highest BCUT2D eigenvalue weighted by molar-refractivity contribution is 5.97. The summed E-state index contributed by atoms with van der Waals surface area (Å²) < 4.78 is 10.1. The largest absolute Gasteiger partial charge is 0.480 e. The van der Waals surface area contributed by atoms with Crippen molar-refractivity contribution in [3.63, 3.8) is 0 Å². The number of carboxylic acid groups (broad SMARTS) is 1. The lowest BCUT2D eigenvalue weighted by molar-refractivity contribution is -0.144. The molecule has 0 fully saturated rings. The Morgan fingerprint density at radius 2 is 1.50 bits per heavy atom. The summed E-state index contributed by atoms with van der Waals surface area (Å²) in [5, 5.41) is 9.75. The normalized spacial score (nSPS) is 15.4. The van der Waals surface area contributed by atoms with Crippen LogP contribution in [0.5, 0.6) is 0 Å². The van der Waals surface area contributed by atoms with E-state index in [2.05, 4.69) is 0 Å². The predicted octanol–water partition coefficient (Wildman–Crippen LogP) is 1.48. The summed E-state index contributed by atoms with van der Waals surface area (Å²) >= 11 is 0. The van der Waals surface area contributed by atoms with Crippen LogP contribution in [-0.2, 0) is 28.7 Å². The molecule has 0 bridgehead atoms. The zero-order valence-electron chi connectivity index (χ0n) is 16.7. The van der Waals surface area contributed by atoms with Crippen molar-refractivity contribution in [2.45, 2.75) is 59.4 Å². The molecule has 9 nitrogen and oxygen atoms in total. The Morgan fingerprint density at radius 1 is 1.04 bits per heavy atom. The van der Waals surface area contributed by atoms with Gasteiger partial charge in [0.25, 0.3) is 0 Å². The number of carboxylic acids is 1. The molecular weight excluding hydrogens is 368 g/mol. The van der Waals surface area contributed by atoms with E-state index >= 15 is 0 Å². The lowest BCUT2D eigenvalue weighted by Gasteiger charge is -2.37. The van der Waals surface area contributed by atoms with Gasteiger partial charge in [0.2, 0.25) is 5.91 Å². The quantitative estimate of drug-likeness (QED) is 0.530. The molecule has 1 amide bonds. The van der Waals surface area contributed by atoms with Gasteiger partial charge in [-0.2, -0.15) is 0 Å². The second kappa shape index (κ2) is 10.5. The lowest BCUT2D eigenvalue weighted by Crippen LogP contribution is -2.42. The topological polar surface area (TPSA) is 136 Å². The van der Waals surface area contributed by atoms with Gasteiger partial charge in [0.1, 0.15) is 6.04 Å². The summed E-state index contributed by atoms with van der Waals surface area (Å²) in [7, 11) is 0. The molecule has 156 valence electrons. The molecule has 1 heterocycles. The van der Waals surface area contributed by atoms with Crippen molar-refractivity contribution in [2.24, 2.45) is 5.73 Å². The first kappa shape index (κ1) is 23.2. The number of nitrogens with two attached hydrogens (primary N) is 1. The van der Waals surface area contributed by atoms with E-state index in [9.17, 15) is 24.3 Å². The molecule has 28 heavy (non-hydrogen) atoms. The Labute approximate surface area is 164 Å². The smallest absolute Gasteiger partial charge is 0.336 e. The van der Waals surface area contributed by atoms with Crippen LogP contribution in [0.25, 0.3) is 0 Å². The number of hydrogen-bond donors (Lipinski definition) is 2. The SMILES string of the molecule is CCOC(=O)C1=C(C)N(C(CCCC(N)=O)C(=O)O)C(C)=C(C(=O)OCC)C1. The Bertz CT molecular complexity index is 669. The number of nitrogens with zero attached hydrogens (tertiary/aromatic N) is 1. The van der Waals surface area contributed by atoms with Crippen LogP contribution >= 0.6 is 0 Å². The van der Waals surface area contributed by atoms with Crippen molar-refractivity contribution >= 4 is 23.8 Å². The minimum Gasteiger partial charge on any atom is -0.480 e. The summed E-state index contributed by atoms with van der Waals surface area (Å²) in [6.07, 6.45) is 0.407. The van der Waals surface area contributed by atoms with Crippen LogP contribution < -0.4 is 5.73 Å². The van der Waals surface area contributed by atoms with Crippen LogP contribution in [0, 0.1) is 0 Å². The van der Waals surface area contributed by atoms with Crippen LogP contribution in [0.15, 0.2) is 22.5 Å². The van der Waals surface area contributed by atoms with E-state index in [1.807, 2.05) is 0 Å². The molecule has 0 aromatic rings. The average molecular weight is 396 g/mol. The van der Waals surface area contributed by atoms with E-state index in [1.54, 1.807) is 27.7 Å². The van der Waals surface area contributed by atoms with Gasteiger partial charge in [-0.3, -0.25) is 4.79 Å². The van der Waals surface area contributed by atoms with E-state index in [0.29, 0.717) is 11.4 Å². The van der Waals surface area contributed by atoms with E-state index in [0.717, 1.165) is 0 Å². The van der Waals surface area contributed by atoms with E-state index in [-0.39, 0.29) is 50.0 Å². The third-order valence-electron chi connectivity index (χ3n) is 4.49. The van der Waals surface area contributed by atoms with Crippen LogP contribution in [0.4, 0.5) is 0 Å². The molecule has 0 saturated heterocycles. The fourth-order valence-corrected chi connectivity index (χ4v) is 3.15. The summed E-state index contributed by atoms with van der Waals surface area (Å²) in [6.45, 7) is 6.84. The highest BCUT2D eigenvalue weighted by Gasteiger charge is 2.36. The Balaban J connectivity index is 3.39. The number of primary amides is 1. The van der Waals surface area contributed by atoms with Gasteiger partial charge in [-0.1, -0.05) is 0 Å². The molecule has 0 saturated carbocycles. The molecule has 3 N–H and O–H groups in total. The number of carbonyl (C=O) groups excluding carboxylic acids is 3. The molecule has 0 aliphatic carbocycles. The Kier molecular flexibility index (Phi) is 8.69. The molecule has 1 aliphatic rings. The van der Waals surface area contributed by atoms with E-state index < -0.39 is 29.9 Å². The van der Waals surface area contributed by atoms with Gasteiger partial charge in [0, 0.05) is 24.2 Å². The van der Waals surface area contributed by atoms with Gasteiger partial charge < -0.3 is 25.2 Å². The number of ether oxygens (including phenoxy) is 2. The van der Waals surface area contributed by atoms with Crippen molar-refractivity contribution in [1.82, 2.24) is 4.90 Å². The lowest BCUT2D eigenvalue weighted by atomic mass is 9.93. The molecule has 1 aliphatic heterocycles. The van der Waals surface area contributed by atoms with Crippen LogP contribution in [-0.4, -0.2) is 53.1 Å². The fraction of sp³-hybridized carbons (Fsp3) is 0.579. The predicted molar refractivity (Wildman–Crippen MR) is 99.6 cm³/mol. The van der Waals surface area contributed by atoms with Crippen LogP contribution in [0.1, 0.15) is 53.4 Å². The molecule has 0 radical (unpaired) electrons. The first-order valence-corrected chi connectivity index (χ1v) is 9.19. The first-order valence-electron chi connectivity index (χ1n) is 9.19. The standard InChI is InChI=1S/C19H28N2O7/c1-5-27-18(25)13-10-14(19(26)28-6-2)12(4)21(11(13)3)15(17(23)24)8-7-9-16(20)22/h15H,5-10H2,1-4H3,(H2,20,22)(H,23,24).